The summed E-state index contributed by atoms with van der Waals surface area (Å²) in [6.07, 6.45) is -0.711. The number of carbonyl (C=O) groups excluding carboxylic acids is 1. The molecule has 1 aliphatic heterocycles. The molecule has 0 bridgehead atoms. The first-order valence-electron chi connectivity index (χ1n) is 3.85. The number of esters is 1. The Bertz CT molecular complexity index is 362. The molecule has 0 aliphatic carbocycles. The third kappa shape index (κ3) is 1.59. The van der Waals surface area contributed by atoms with Gasteiger partial charge >= 0.3 is 5.97 Å². The molecule has 0 saturated carbocycles. The summed E-state index contributed by atoms with van der Waals surface area (Å²) < 4.78 is 5.80. The van der Waals surface area contributed by atoms with Crippen molar-refractivity contribution in [3.05, 3.63) is 28.2 Å². The average Bonchev–Trinajstić information content (AvgIpc) is 2.06. The van der Waals surface area contributed by atoms with Gasteiger partial charge in [0.1, 0.15) is 5.75 Å². The number of aliphatic hydroxyl groups excluding tert-OH is 1. The fourth-order valence-corrected chi connectivity index (χ4v) is 1.68. The number of halogens is 1. The fraction of sp³-hybridized carbons (Fsp3) is 0.222. The van der Waals surface area contributed by atoms with E-state index in [1.165, 1.54) is 0 Å². The summed E-state index contributed by atoms with van der Waals surface area (Å²) in [4.78, 5) is 10.9. The van der Waals surface area contributed by atoms with Crippen LogP contribution in [-0.2, 0) is 4.79 Å². The van der Waals surface area contributed by atoms with Crippen LogP contribution >= 0.6 is 15.9 Å². The van der Waals surface area contributed by atoms with E-state index in [1.807, 2.05) is 0 Å². The van der Waals surface area contributed by atoms with Crippen molar-refractivity contribution in [2.45, 2.75) is 12.5 Å². The molecule has 0 spiro atoms. The Kier molecular flexibility index (Phi) is 2.09. The van der Waals surface area contributed by atoms with Crippen LogP contribution in [0.4, 0.5) is 0 Å². The lowest BCUT2D eigenvalue weighted by molar-refractivity contribution is -0.138. The minimum absolute atomic E-state index is 0.0312. The first-order valence-corrected chi connectivity index (χ1v) is 4.64. The highest BCUT2D eigenvalue weighted by Crippen LogP contribution is 2.34. The zero-order chi connectivity index (χ0) is 9.42. The predicted octanol–water partition coefficient (Wildman–Crippen LogP) is 1.79. The Balaban J connectivity index is 2.49. The van der Waals surface area contributed by atoms with Crippen molar-refractivity contribution in [2.24, 2.45) is 0 Å². The maximum Gasteiger partial charge on any atom is 0.314 e. The molecule has 1 unspecified atom stereocenters. The van der Waals surface area contributed by atoms with Crippen molar-refractivity contribution in [1.29, 1.82) is 0 Å². The van der Waals surface area contributed by atoms with Crippen LogP contribution in [0.15, 0.2) is 22.7 Å². The van der Waals surface area contributed by atoms with E-state index >= 15 is 0 Å². The van der Waals surface area contributed by atoms with Crippen molar-refractivity contribution >= 4 is 21.9 Å². The summed E-state index contributed by atoms with van der Waals surface area (Å²) in [6, 6.07) is 5.19. The van der Waals surface area contributed by atoms with Crippen molar-refractivity contribution < 1.29 is 14.6 Å². The van der Waals surface area contributed by atoms with Gasteiger partial charge in [-0.05, 0) is 18.2 Å². The van der Waals surface area contributed by atoms with E-state index < -0.39 is 6.10 Å². The largest absolute Gasteiger partial charge is 0.426 e. The van der Waals surface area contributed by atoms with Gasteiger partial charge in [-0.25, -0.2) is 0 Å². The van der Waals surface area contributed by atoms with Crippen LogP contribution < -0.4 is 4.74 Å². The van der Waals surface area contributed by atoms with Crippen LogP contribution in [0.1, 0.15) is 18.1 Å². The monoisotopic (exact) mass is 242 g/mol. The third-order valence-electron chi connectivity index (χ3n) is 1.91. The van der Waals surface area contributed by atoms with E-state index in [9.17, 15) is 9.90 Å². The molecule has 0 radical (unpaired) electrons. The molecule has 1 N–H and O–H groups in total. The van der Waals surface area contributed by atoms with E-state index in [2.05, 4.69) is 15.9 Å². The summed E-state index contributed by atoms with van der Waals surface area (Å²) in [6.45, 7) is 0. The number of benzene rings is 1. The highest BCUT2D eigenvalue weighted by atomic mass is 79.9. The first-order chi connectivity index (χ1) is 6.16. The van der Waals surface area contributed by atoms with E-state index in [4.69, 9.17) is 4.74 Å². The summed E-state index contributed by atoms with van der Waals surface area (Å²) >= 11 is 3.28. The Morgan fingerprint density at radius 1 is 1.54 bits per heavy atom. The van der Waals surface area contributed by atoms with Gasteiger partial charge in [-0.15, -0.1) is 0 Å². The quantitative estimate of drug-likeness (QED) is 0.558. The molecule has 0 amide bonds. The number of carbonyl (C=O) groups is 1. The maximum absolute atomic E-state index is 10.9. The highest BCUT2D eigenvalue weighted by Gasteiger charge is 2.25. The molecule has 3 nitrogen and oxygen atoms in total. The zero-order valence-electron chi connectivity index (χ0n) is 6.66. The lowest BCUT2D eigenvalue weighted by Gasteiger charge is -2.20. The first kappa shape index (κ1) is 8.72. The molecule has 2 rings (SSSR count). The minimum Gasteiger partial charge on any atom is -0.426 e. The Morgan fingerprint density at radius 2 is 2.31 bits per heavy atom. The van der Waals surface area contributed by atoms with Crippen molar-refractivity contribution in [2.75, 3.05) is 0 Å². The molecule has 1 aliphatic rings. The standard InChI is InChI=1S/C9H7BrO3/c10-5-1-2-8-6(3-5)7(11)4-9(12)13-8/h1-3,7,11H,4H2. The minimum atomic E-state index is -0.742. The number of hydrogen-bond acceptors (Lipinski definition) is 3. The molecule has 1 aromatic carbocycles. The third-order valence-corrected chi connectivity index (χ3v) is 2.41. The topological polar surface area (TPSA) is 46.5 Å². The normalized spacial score (nSPS) is 20.8. The predicted molar refractivity (Wildman–Crippen MR) is 49.4 cm³/mol. The Morgan fingerprint density at radius 3 is 3.08 bits per heavy atom. The summed E-state index contributed by atoms with van der Waals surface area (Å²) in [5, 5.41) is 9.53. The van der Waals surface area contributed by atoms with Crippen molar-refractivity contribution in [3.63, 3.8) is 0 Å². The van der Waals surface area contributed by atoms with Gasteiger partial charge in [-0.1, -0.05) is 15.9 Å². The smallest absolute Gasteiger partial charge is 0.314 e. The molecular weight excluding hydrogens is 236 g/mol. The van der Waals surface area contributed by atoms with E-state index in [-0.39, 0.29) is 12.4 Å². The summed E-state index contributed by atoms with van der Waals surface area (Å²) in [7, 11) is 0. The highest BCUT2D eigenvalue weighted by molar-refractivity contribution is 9.10. The second kappa shape index (κ2) is 3.12. The van der Waals surface area contributed by atoms with Gasteiger partial charge in [0.2, 0.25) is 0 Å². The maximum atomic E-state index is 10.9. The van der Waals surface area contributed by atoms with Crippen LogP contribution in [0.2, 0.25) is 0 Å². The van der Waals surface area contributed by atoms with Crippen LogP contribution in [0.5, 0.6) is 5.75 Å². The molecule has 13 heavy (non-hydrogen) atoms. The lowest BCUT2D eigenvalue weighted by atomic mass is 10.0. The van der Waals surface area contributed by atoms with Crippen LogP contribution in [-0.4, -0.2) is 11.1 Å². The van der Waals surface area contributed by atoms with Gasteiger partial charge in [0, 0.05) is 10.0 Å². The summed E-state index contributed by atoms with van der Waals surface area (Å²) in [5.41, 5.74) is 0.661. The van der Waals surface area contributed by atoms with Gasteiger partial charge in [0.15, 0.2) is 0 Å². The Hall–Kier alpha value is -0.870. The molecule has 0 aromatic heterocycles. The molecule has 1 atom stereocenters. The zero-order valence-corrected chi connectivity index (χ0v) is 8.24. The van der Waals surface area contributed by atoms with Crippen molar-refractivity contribution in [3.8, 4) is 5.75 Å². The van der Waals surface area contributed by atoms with Gasteiger partial charge < -0.3 is 9.84 Å². The van der Waals surface area contributed by atoms with E-state index in [0.717, 1.165) is 4.47 Å². The van der Waals surface area contributed by atoms with Gasteiger partial charge in [0.25, 0.3) is 0 Å². The molecule has 4 heteroatoms. The number of ether oxygens (including phenoxy) is 1. The van der Waals surface area contributed by atoms with Crippen LogP contribution in [0.3, 0.4) is 0 Å². The fourth-order valence-electron chi connectivity index (χ4n) is 1.30. The average molecular weight is 243 g/mol. The van der Waals surface area contributed by atoms with E-state index in [1.54, 1.807) is 18.2 Å². The number of fused-ring (bicyclic) bond motifs is 1. The second-order valence-corrected chi connectivity index (χ2v) is 3.79. The number of rotatable bonds is 0. The summed E-state index contributed by atoms with van der Waals surface area (Å²) in [5.74, 6) is 0.0641. The van der Waals surface area contributed by atoms with Gasteiger partial charge in [0.05, 0.1) is 12.5 Å². The molecule has 1 aromatic rings. The molecule has 0 fully saturated rings. The number of aliphatic hydroxyl groups is 1. The Labute approximate surface area is 83.5 Å². The van der Waals surface area contributed by atoms with Crippen molar-refractivity contribution in [1.82, 2.24) is 0 Å². The van der Waals surface area contributed by atoms with Gasteiger partial charge in [-0.3, -0.25) is 4.79 Å². The second-order valence-electron chi connectivity index (χ2n) is 2.88. The van der Waals surface area contributed by atoms with E-state index in [0.29, 0.717) is 11.3 Å². The molecule has 68 valence electrons. The lowest BCUT2D eigenvalue weighted by Crippen LogP contribution is -2.19. The van der Waals surface area contributed by atoms with Crippen LogP contribution in [0.25, 0.3) is 0 Å². The molecule has 1 heterocycles. The number of hydrogen-bond donors (Lipinski definition) is 1. The SMILES string of the molecule is O=C1CC(O)c2cc(Br)ccc2O1. The van der Waals surface area contributed by atoms with Crippen LogP contribution in [0, 0.1) is 0 Å². The molecular formula is C9H7BrO3. The van der Waals surface area contributed by atoms with Gasteiger partial charge in [-0.2, -0.15) is 0 Å². The molecule has 0 saturated heterocycles.